The Bertz CT molecular complexity index is 1450. The van der Waals surface area contributed by atoms with Crippen molar-refractivity contribution in [1.82, 2.24) is 10.2 Å². The molecule has 3 aromatic carbocycles. The van der Waals surface area contributed by atoms with Crippen molar-refractivity contribution in [2.45, 2.75) is 51.2 Å². The summed E-state index contributed by atoms with van der Waals surface area (Å²) in [6.07, 6.45) is 0. The second-order valence-electron chi connectivity index (χ2n) is 9.40. The van der Waals surface area contributed by atoms with Crippen LogP contribution in [0.5, 0.6) is 0 Å². The standard InChI is InChI=1S/C28H30Cl3N3O4S/c1-18(2)32-28(36)20(4)33(16-21-8-9-23(30)15-26(21)31)27(35)17-34(24-7-5-6-19(3)14-24)39(37,38)25-12-10-22(29)11-13-25/h5-15,18,20H,16-17H2,1-4H3,(H,32,36)/t20-/m0/s1. The lowest BCUT2D eigenvalue weighted by molar-refractivity contribution is -0.139. The van der Waals surface area contributed by atoms with Gasteiger partial charge in [0.25, 0.3) is 10.0 Å². The summed E-state index contributed by atoms with van der Waals surface area (Å²) in [5, 5.41) is 3.93. The average Bonchev–Trinajstić information content (AvgIpc) is 2.86. The van der Waals surface area contributed by atoms with Gasteiger partial charge in [-0.15, -0.1) is 0 Å². The fourth-order valence-corrected chi connectivity index (χ4v) is 5.87. The first kappa shape index (κ1) is 30.8. The van der Waals surface area contributed by atoms with E-state index in [0.29, 0.717) is 26.3 Å². The van der Waals surface area contributed by atoms with Crippen LogP contribution >= 0.6 is 34.8 Å². The lowest BCUT2D eigenvalue weighted by Crippen LogP contribution is -2.52. The lowest BCUT2D eigenvalue weighted by Gasteiger charge is -2.32. The summed E-state index contributed by atoms with van der Waals surface area (Å²) >= 11 is 18.4. The van der Waals surface area contributed by atoms with E-state index in [9.17, 15) is 18.0 Å². The number of aryl methyl sites for hydroxylation is 1. The summed E-state index contributed by atoms with van der Waals surface area (Å²) in [6.45, 7) is 6.44. The highest BCUT2D eigenvalue weighted by Crippen LogP contribution is 2.27. The van der Waals surface area contributed by atoms with Crippen LogP contribution in [0.3, 0.4) is 0 Å². The summed E-state index contributed by atoms with van der Waals surface area (Å²) in [5.74, 6) is -0.974. The minimum atomic E-state index is -4.18. The van der Waals surface area contributed by atoms with Gasteiger partial charge in [-0.05, 0) is 87.4 Å². The number of hydrogen-bond donors (Lipinski definition) is 1. The highest BCUT2D eigenvalue weighted by atomic mass is 35.5. The van der Waals surface area contributed by atoms with E-state index in [1.807, 2.05) is 26.8 Å². The van der Waals surface area contributed by atoms with Crippen molar-refractivity contribution < 1.29 is 18.0 Å². The molecular weight excluding hydrogens is 581 g/mol. The SMILES string of the molecule is Cc1cccc(N(CC(=O)N(Cc2ccc(Cl)cc2Cl)[C@@H](C)C(=O)NC(C)C)S(=O)(=O)c2ccc(Cl)cc2)c1. The summed E-state index contributed by atoms with van der Waals surface area (Å²) in [7, 11) is -4.18. The number of halogens is 3. The fourth-order valence-electron chi connectivity index (χ4n) is 3.87. The Morgan fingerprint density at radius 2 is 1.54 bits per heavy atom. The van der Waals surface area contributed by atoms with Gasteiger partial charge in [0.15, 0.2) is 0 Å². The number of amides is 2. The van der Waals surface area contributed by atoms with Crippen molar-refractivity contribution >= 4 is 62.3 Å². The number of carbonyl (C=O) groups excluding carboxylic acids is 2. The molecule has 0 saturated carbocycles. The Balaban J connectivity index is 2.05. The van der Waals surface area contributed by atoms with Crippen LogP contribution in [0.2, 0.25) is 15.1 Å². The second-order valence-corrected chi connectivity index (χ2v) is 12.5. The Morgan fingerprint density at radius 1 is 0.897 bits per heavy atom. The van der Waals surface area contributed by atoms with Gasteiger partial charge >= 0.3 is 0 Å². The van der Waals surface area contributed by atoms with Crippen molar-refractivity contribution in [2.24, 2.45) is 0 Å². The predicted octanol–water partition coefficient (Wildman–Crippen LogP) is 6.09. The van der Waals surface area contributed by atoms with Crippen molar-refractivity contribution in [2.75, 3.05) is 10.8 Å². The zero-order valence-electron chi connectivity index (χ0n) is 22.0. The first-order valence-corrected chi connectivity index (χ1v) is 14.8. The highest BCUT2D eigenvalue weighted by Gasteiger charge is 2.33. The third-order valence-corrected chi connectivity index (χ3v) is 8.55. The van der Waals surface area contributed by atoms with Gasteiger partial charge in [0.05, 0.1) is 10.6 Å². The van der Waals surface area contributed by atoms with Crippen LogP contribution < -0.4 is 9.62 Å². The maximum Gasteiger partial charge on any atom is 0.264 e. The maximum absolute atomic E-state index is 13.9. The molecule has 0 heterocycles. The van der Waals surface area contributed by atoms with Crippen LogP contribution in [0.15, 0.2) is 71.6 Å². The van der Waals surface area contributed by atoms with Crippen molar-refractivity contribution in [3.05, 3.63) is 92.9 Å². The summed E-state index contributed by atoms with van der Waals surface area (Å²) in [4.78, 5) is 28.2. The molecule has 2 amide bonds. The highest BCUT2D eigenvalue weighted by molar-refractivity contribution is 7.92. The van der Waals surface area contributed by atoms with Crippen LogP contribution in [0.25, 0.3) is 0 Å². The van der Waals surface area contributed by atoms with Crippen molar-refractivity contribution in [1.29, 1.82) is 0 Å². The maximum atomic E-state index is 13.9. The molecule has 3 aromatic rings. The second kappa shape index (κ2) is 13.0. The number of hydrogen-bond acceptors (Lipinski definition) is 4. The summed E-state index contributed by atoms with van der Waals surface area (Å²) in [5.41, 5.74) is 1.68. The third-order valence-electron chi connectivity index (χ3n) is 5.92. The Kier molecular flexibility index (Phi) is 10.3. The largest absolute Gasteiger partial charge is 0.352 e. The van der Waals surface area contributed by atoms with Crippen LogP contribution in [0.1, 0.15) is 31.9 Å². The van der Waals surface area contributed by atoms with Gasteiger partial charge in [-0.25, -0.2) is 8.42 Å². The molecule has 0 aromatic heterocycles. The van der Waals surface area contributed by atoms with Gasteiger partial charge in [0.1, 0.15) is 12.6 Å². The van der Waals surface area contributed by atoms with E-state index in [1.165, 1.54) is 29.2 Å². The monoisotopic (exact) mass is 609 g/mol. The molecule has 1 atom stereocenters. The van der Waals surface area contributed by atoms with Crippen molar-refractivity contribution in [3.63, 3.8) is 0 Å². The van der Waals surface area contributed by atoms with Crippen LogP contribution in [-0.4, -0.2) is 43.8 Å². The predicted molar refractivity (Wildman–Crippen MR) is 157 cm³/mol. The number of anilines is 1. The molecule has 39 heavy (non-hydrogen) atoms. The van der Waals surface area contributed by atoms with E-state index in [2.05, 4.69) is 5.32 Å². The number of rotatable bonds is 10. The molecule has 1 N–H and O–H groups in total. The number of sulfonamides is 1. The molecule has 3 rings (SSSR count). The van der Waals surface area contributed by atoms with Crippen LogP contribution in [0.4, 0.5) is 5.69 Å². The van der Waals surface area contributed by atoms with Gasteiger partial charge in [0.2, 0.25) is 11.8 Å². The van der Waals surface area contributed by atoms with Crippen LogP contribution in [-0.2, 0) is 26.2 Å². The van der Waals surface area contributed by atoms with E-state index >= 15 is 0 Å². The Morgan fingerprint density at radius 3 is 2.13 bits per heavy atom. The molecule has 0 aliphatic heterocycles. The minimum Gasteiger partial charge on any atom is -0.352 e. The smallest absolute Gasteiger partial charge is 0.264 e. The van der Waals surface area contributed by atoms with E-state index in [-0.39, 0.29) is 23.4 Å². The quantitative estimate of drug-likeness (QED) is 0.301. The molecular formula is C28H30Cl3N3O4S. The summed E-state index contributed by atoms with van der Waals surface area (Å²) < 4.78 is 28.7. The van der Waals surface area contributed by atoms with Gasteiger partial charge in [0, 0.05) is 27.7 Å². The molecule has 0 saturated heterocycles. The molecule has 208 valence electrons. The molecule has 0 radical (unpaired) electrons. The number of carbonyl (C=O) groups is 2. The normalized spacial score (nSPS) is 12.2. The molecule has 0 aliphatic carbocycles. The molecule has 0 fully saturated rings. The first-order chi connectivity index (χ1) is 18.3. The van der Waals surface area contributed by atoms with Crippen LogP contribution in [0, 0.1) is 6.92 Å². The number of nitrogens with zero attached hydrogens (tertiary/aromatic N) is 2. The Hall–Kier alpha value is -2.78. The minimum absolute atomic E-state index is 0.0286. The zero-order chi connectivity index (χ0) is 28.9. The fraction of sp³-hybridized carbons (Fsp3) is 0.286. The lowest BCUT2D eigenvalue weighted by atomic mass is 10.1. The third kappa shape index (κ3) is 7.88. The average molecular weight is 611 g/mol. The van der Waals surface area contributed by atoms with E-state index in [0.717, 1.165) is 9.87 Å². The van der Waals surface area contributed by atoms with E-state index in [1.54, 1.807) is 43.3 Å². The van der Waals surface area contributed by atoms with Gasteiger partial charge in [-0.1, -0.05) is 53.0 Å². The summed E-state index contributed by atoms with van der Waals surface area (Å²) in [6, 6.07) is 16.3. The van der Waals surface area contributed by atoms with Crippen molar-refractivity contribution in [3.8, 4) is 0 Å². The number of nitrogens with one attached hydrogen (secondary N) is 1. The number of benzene rings is 3. The van der Waals surface area contributed by atoms with Gasteiger partial charge in [-0.3, -0.25) is 13.9 Å². The first-order valence-electron chi connectivity index (χ1n) is 12.2. The topological polar surface area (TPSA) is 86.8 Å². The zero-order valence-corrected chi connectivity index (χ0v) is 25.1. The molecule has 11 heteroatoms. The molecule has 0 unspecified atom stereocenters. The molecule has 0 bridgehead atoms. The molecule has 0 spiro atoms. The molecule has 7 nitrogen and oxygen atoms in total. The van der Waals surface area contributed by atoms with E-state index < -0.39 is 28.5 Å². The van der Waals surface area contributed by atoms with E-state index in [4.69, 9.17) is 34.8 Å². The van der Waals surface area contributed by atoms with Gasteiger partial charge in [-0.2, -0.15) is 0 Å². The van der Waals surface area contributed by atoms with Gasteiger partial charge < -0.3 is 10.2 Å². The Labute approximate surface area is 244 Å². The molecule has 0 aliphatic rings.